The molecular formula is C17H30N4O. The Hall–Kier alpha value is -1.49. The average Bonchev–Trinajstić information content (AvgIpc) is 3.00. The highest BCUT2D eigenvalue weighted by Crippen LogP contribution is 2.16. The van der Waals surface area contributed by atoms with Crippen molar-refractivity contribution >= 4 is 5.96 Å². The van der Waals surface area contributed by atoms with Gasteiger partial charge in [0.2, 0.25) is 0 Å². The minimum atomic E-state index is 0.664. The number of nitrogens with zero attached hydrogens (tertiary/aromatic N) is 2. The minimum absolute atomic E-state index is 0.664. The lowest BCUT2D eigenvalue weighted by molar-refractivity contribution is 0.159. The summed E-state index contributed by atoms with van der Waals surface area (Å²) in [6, 6.07) is 3.86. The molecule has 1 unspecified atom stereocenters. The van der Waals surface area contributed by atoms with Crippen molar-refractivity contribution in [3.8, 4) is 0 Å². The molecule has 0 saturated carbocycles. The smallest absolute Gasteiger partial charge is 0.191 e. The summed E-state index contributed by atoms with van der Waals surface area (Å²) < 4.78 is 5.32. The van der Waals surface area contributed by atoms with Gasteiger partial charge in [-0.25, -0.2) is 0 Å². The summed E-state index contributed by atoms with van der Waals surface area (Å²) >= 11 is 0. The number of hydrogen-bond donors (Lipinski definition) is 2. The maximum atomic E-state index is 5.32. The molecule has 124 valence electrons. The highest BCUT2D eigenvalue weighted by Gasteiger charge is 2.20. The fourth-order valence-electron chi connectivity index (χ4n) is 3.05. The van der Waals surface area contributed by atoms with E-state index in [4.69, 9.17) is 4.42 Å². The van der Waals surface area contributed by atoms with E-state index in [0.717, 1.165) is 24.2 Å². The van der Waals surface area contributed by atoms with Crippen LogP contribution in [0.4, 0.5) is 0 Å². The van der Waals surface area contributed by atoms with E-state index in [1.54, 1.807) is 6.26 Å². The maximum Gasteiger partial charge on any atom is 0.191 e. The van der Waals surface area contributed by atoms with E-state index in [-0.39, 0.29) is 0 Å². The Morgan fingerprint density at radius 3 is 3.00 bits per heavy atom. The Morgan fingerprint density at radius 2 is 2.32 bits per heavy atom. The molecule has 0 radical (unpaired) electrons. The van der Waals surface area contributed by atoms with Gasteiger partial charge in [0.15, 0.2) is 5.96 Å². The number of nitrogens with one attached hydrogen (secondary N) is 2. The molecular weight excluding hydrogens is 276 g/mol. The van der Waals surface area contributed by atoms with Crippen molar-refractivity contribution in [3.05, 3.63) is 24.2 Å². The van der Waals surface area contributed by atoms with Crippen molar-refractivity contribution < 1.29 is 4.42 Å². The van der Waals surface area contributed by atoms with Gasteiger partial charge in [-0.2, -0.15) is 0 Å². The van der Waals surface area contributed by atoms with E-state index >= 15 is 0 Å². The monoisotopic (exact) mass is 306 g/mol. The molecule has 1 fully saturated rings. The Kier molecular flexibility index (Phi) is 6.77. The maximum absolute atomic E-state index is 5.32. The van der Waals surface area contributed by atoms with Crippen molar-refractivity contribution in [1.29, 1.82) is 0 Å². The van der Waals surface area contributed by atoms with Crippen LogP contribution in [0.15, 0.2) is 27.8 Å². The molecule has 1 aliphatic rings. The number of likely N-dealkylation sites (tertiary alicyclic amines) is 1. The predicted molar refractivity (Wildman–Crippen MR) is 90.9 cm³/mol. The zero-order chi connectivity index (χ0) is 15.8. The normalized spacial score (nSPS) is 20.4. The molecule has 2 N–H and O–H groups in total. The average molecular weight is 306 g/mol. The second-order valence-electron chi connectivity index (χ2n) is 6.55. The Labute approximate surface area is 134 Å². The van der Waals surface area contributed by atoms with Gasteiger partial charge in [0.05, 0.1) is 12.8 Å². The summed E-state index contributed by atoms with van der Waals surface area (Å²) in [6.07, 6.45) is 4.30. The molecule has 1 atom stereocenters. The van der Waals surface area contributed by atoms with Crippen molar-refractivity contribution in [2.75, 3.05) is 33.2 Å². The summed E-state index contributed by atoms with van der Waals surface area (Å²) in [6.45, 7) is 9.89. The standard InChI is InChI=1S/C17H30N4O/c1-14(2)12-21-8-4-6-15(13-21)10-19-17(18-3)20-11-16-7-5-9-22-16/h5,7,9,14-15H,4,6,8,10-13H2,1-3H3,(H2,18,19,20). The van der Waals surface area contributed by atoms with Crippen LogP contribution in [0.1, 0.15) is 32.4 Å². The molecule has 1 aromatic heterocycles. The summed E-state index contributed by atoms with van der Waals surface area (Å²) in [5.41, 5.74) is 0. The lowest BCUT2D eigenvalue weighted by atomic mass is 9.97. The molecule has 5 nitrogen and oxygen atoms in total. The van der Waals surface area contributed by atoms with Crippen molar-refractivity contribution in [2.45, 2.75) is 33.2 Å². The predicted octanol–water partition coefficient (Wildman–Crippen LogP) is 2.31. The van der Waals surface area contributed by atoms with Crippen LogP contribution in [0.3, 0.4) is 0 Å². The number of guanidine groups is 1. The molecule has 5 heteroatoms. The second kappa shape index (κ2) is 8.83. The minimum Gasteiger partial charge on any atom is -0.467 e. The largest absolute Gasteiger partial charge is 0.467 e. The molecule has 2 heterocycles. The van der Waals surface area contributed by atoms with Gasteiger partial charge in [-0.1, -0.05) is 13.8 Å². The molecule has 2 rings (SSSR count). The lowest BCUT2D eigenvalue weighted by Crippen LogP contribution is -2.44. The third kappa shape index (κ3) is 5.72. The van der Waals surface area contributed by atoms with Crippen molar-refractivity contribution in [2.24, 2.45) is 16.8 Å². The van der Waals surface area contributed by atoms with Gasteiger partial charge in [0.25, 0.3) is 0 Å². The molecule has 1 aliphatic heterocycles. The number of rotatable bonds is 6. The first-order valence-corrected chi connectivity index (χ1v) is 8.36. The first-order valence-electron chi connectivity index (χ1n) is 8.36. The first-order chi connectivity index (χ1) is 10.7. The molecule has 0 bridgehead atoms. The zero-order valence-corrected chi connectivity index (χ0v) is 14.1. The Balaban J connectivity index is 1.70. The summed E-state index contributed by atoms with van der Waals surface area (Å²) in [5, 5.41) is 6.73. The van der Waals surface area contributed by atoms with E-state index in [9.17, 15) is 0 Å². The molecule has 0 amide bonds. The number of furan rings is 1. The lowest BCUT2D eigenvalue weighted by Gasteiger charge is -2.34. The molecule has 0 aliphatic carbocycles. The van der Waals surface area contributed by atoms with Crippen LogP contribution in [0, 0.1) is 11.8 Å². The molecule has 0 aromatic carbocycles. The molecule has 1 saturated heterocycles. The fourth-order valence-corrected chi connectivity index (χ4v) is 3.05. The SMILES string of the molecule is CN=C(NCc1ccco1)NCC1CCCN(CC(C)C)C1. The molecule has 0 spiro atoms. The number of aliphatic imine (C=N–C) groups is 1. The zero-order valence-electron chi connectivity index (χ0n) is 14.1. The van der Waals surface area contributed by atoms with E-state index < -0.39 is 0 Å². The quantitative estimate of drug-likeness (QED) is 0.625. The molecule has 1 aromatic rings. The van der Waals surface area contributed by atoms with Crippen molar-refractivity contribution in [3.63, 3.8) is 0 Å². The highest BCUT2D eigenvalue weighted by atomic mass is 16.3. The molecule has 22 heavy (non-hydrogen) atoms. The van der Waals surface area contributed by atoms with Crippen LogP contribution < -0.4 is 10.6 Å². The first kappa shape index (κ1) is 16.9. The fraction of sp³-hybridized carbons (Fsp3) is 0.706. The van der Waals surface area contributed by atoms with E-state index in [2.05, 4.69) is 34.4 Å². The van der Waals surface area contributed by atoms with Crippen LogP contribution in [0.25, 0.3) is 0 Å². The van der Waals surface area contributed by atoms with Gasteiger partial charge in [-0.15, -0.1) is 0 Å². The summed E-state index contributed by atoms with van der Waals surface area (Å²) in [5.74, 6) is 3.21. The van der Waals surface area contributed by atoms with Gasteiger partial charge in [0, 0.05) is 26.7 Å². The van der Waals surface area contributed by atoms with Crippen LogP contribution in [-0.4, -0.2) is 44.1 Å². The topological polar surface area (TPSA) is 52.8 Å². The summed E-state index contributed by atoms with van der Waals surface area (Å²) in [4.78, 5) is 6.88. The second-order valence-corrected chi connectivity index (χ2v) is 6.55. The number of hydrogen-bond acceptors (Lipinski definition) is 3. The Bertz CT molecular complexity index is 442. The third-order valence-corrected chi connectivity index (χ3v) is 4.02. The van der Waals surface area contributed by atoms with Gasteiger partial charge in [-0.05, 0) is 43.4 Å². The third-order valence-electron chi connectivity index (χ3n) is 4.02. The van der Waals surface area contributed by atoms with E-state index in [1.165, 1.54) is 32.5 Å². The van der Waals surface area contributed by atoms with Crippen LogP contribution >= 0.6 is 0 Å². The Morgan fingerprint density at radius 1 is 1.45 bits per heavy atom. The van der Waals surface area contributed by atoms with E-state index in [0.29, 0.717) is 12.5 Å². The number of piperidine rings is 1. The van der Waals surface area contributed by atoms with Gasteiger partial charge >= 0.3 is 0 Å². The van der Waals surface area contributed by atoms with Crippen LogP contribution in [-0.2, 0) is 6.54 Å². The van der Waals surface area contributed by atoms with E-state index in [1.807, 2.05) is 19.2 Å². The van der Waals surface area contributed by atoms with Crippen LogP contribution in [0.5, 0.6) is 0 Å². The highest BCUT2D eigenvalue weighted by molar-refractivity contribution is 5.79. The van der Waals surface area contributed by atoms with Gasteiger partial charge < -0.3 is 20.0 Å². The van der Waals surface area contributed by atoms with Gasteiger partial charge in [-0.3, -0.25) is 4.99 Å². The van der Waals surface area contributed by atoms with Crippen LogP contribution in [0.2, 0.25) is 0 Å². The summed E-state index contributed by atoms with van der Waals surface area (Å²) in [7, 11) is 1.81. The van der Waals surface area contributed by atoms with Crippen molar-refractivity contribution in [1.82, 2.24) is 15.5 Å². The van der Waals surface area contributed by atoms with Gasteiger partial charge in [0.1, 0.15) is 5.76 Å².